The second kappa shape index (κ2) is 6.01. The molecule has 1 aromatic carbocycles. The maximum Gasteiger partial charge on any atom is 0.244 e. The summed E-state index contributed by atoms with van der Waals surface area (Å²) >= 11 is 0. The number of nitrogens with zero attached hydrogens (tertiary/aromatic N) is 1. The monoisotopic (exact) mass is 246 g/mol. The van der Waals surface area contributed by atoms with Gasteiger partial charge in [-0.25, -0.2) is 0 Å². The van der Waals surface area contributed by atoms with Gasteiger partial charge in [0, 0.05) is 13.1 Å². The highest BCUT2D eigenvalue weighted by Crippen LogP contribution is 2.27. The van der Waals surface area contributed by atoms with Gasteiger partial charge in [-0.3, -0.25) is 4.79 Å². The quantitative estimate of drug-likeness (QED) is 0.866. The molecule has 0 aromatic heterocycles. The van der Waals surface area contributed by atoms with Gasteiger partial charge in [0.05, 0.1) is 0 Å². The van der Waals surface area contributed by atoms with Crippen LogP contribution in [0.4, 0.5) is 0 Å². The van der Waals surface area contributed by atoms with Gasteiger partial charge in [-0.2, -0.15) is 0 Å². The molecule has 3 heteroatoms. The summed E-state index contributed by atoms with van der Waals surface area (Å²) in [6, 6.07) is 9.09. The van der Waals surface area contributed by atoms with E-state index in [1.165, 1.54) is 19.3 Å². The molecular weight excluding hydrogens is 224 g/mol. The van der Waals surface area contributed by atoms with Crippen LogP contribution in [0, 0.1) is 5.92 Å². The van der Waals surface area contributed by atoms with Crippen molar-refractivity contribution in [3.63, 3.8) is 0 Å². The average Bonchev–Trinajstić information content (AvgIpc) is 2.37. The van der Waals surface area contributed by atoms with Crippen molar-refractivity contribution in [3.8, 4) is 0 Å². The Balaban J connectivity index is 1.99. The van der Waals surface area contributed by atoms with Crippen LogP contribution < -0.4 is 5.73 Å². The third-order valence-electron chi connectivity index (χ3n) is 3.82. The Morgan fingerprint density at radius 2 is 2.06 bits per heavy atom. The summed E-state index contributed by atoms with van der Waals surface area (Å²) in [6.45, 7) is 3.64. The van der Waals surface area contributed by atoms with E-state index in [4.69, 9.17) is 5.73 Å². The zero-order valence-corrected chi connectivity index (χ0v) is 11.0. The van der Waals surface area contributed by atoms with E-state index in [0.29, 0.717) is 5.92 Å². The molecule has 1 atom stereocenters. The third kappa shape index (κ3) is 2.91. The van der Waals surface area contributed by atoms with Gasteiger partial charge in [-0.1, -0.05) is 36.8 Å². The van der Waals surface area contributed by atoms with Gasteiger partial charge in [0.25, 0.3) is 0 Å². The molecule has 0 radical (unpaired) electrons. The van der Waals surface area contributed by atoms with Crippen LogP contribution in [0.2, 0.25) is 0 Å². The van der Waals surface area contributed by atoms with Crippen LogP contribution in [0.5, 0.6) is 0 Å². The number of carbonyl (C=O) groups is 1. The minimum absolute atomic E-state index is 0.0515. The smallest absolute Gasteiger partial charge is 0.244 e. The summed E-state index contributed by atoms with van der Waals surface area (Å²) in [5.74, 6) is 0.743. The normalized spacial score (nSPS) is 17.0. The molecule has 1 aliphatic rings. The Hall–Kier alpha value is -1.35. The standard InChI is InChI=1S/C15H22N2O/c1-2-17(11-12-7-6-8-12)15(18)14(16)13-9-4-3-5-10-13/h3-5,9-10,12,14H,2,6-8,11,16H2,1H3. The van der Waals surface area contributed by atoms with E-state index in [1.54, 1.807) is 0 Å². The van der Waals surface area contributed by atoms with E-state index in [9.17, 15) is 4.79 Å². The lowest BCUT2D eigenvalue weighted by molar-refractivity contribution is -0.133. The first-order chi connectivity index (χ1) is 8.72. The molecule has 1 fully saturated rings. The lowest BCUT2D eigenvalue weighted by Gasteiger charge is -2.33. The molecule has 18 heavy (non-hydrogen) atoms. The Labute approximate surface area is 109 Å². The third-order valence-corrected chi connectivity index (χ3v) is 3.82. The van der Waals surface area contributed by atoms with Crippen LogP contribution in [0.25, 0.3) is 0 Å². The summed E-state index contributed by atoms with van der Waals surface area (Å²) in [5, 5.41) is 0. The summed E-state index contributed by atoms with van der Waals surface area (Å²) in [4.78, 5) is 14.3. The van der Waals surface area contributed by atoms with E-state index in [1.807, 2.05) is 42.2 Å². The van der Waals surface area contributed by atoms with Crippen LogP contribution >= 0.6 is 0 Å². The summed E-state index contributed by atoms with van der Waals surface area (Å²) < 4.78 is 0. The number of benzene rings is 1. The maximum atomic E-state index is 12.4. The van der Waals surface area contributed by atoms with Crippen LogP contribution in [0.1, 0.15) is 37.8 Å². The number of rotatable bonds is 5. The molecule has 1 amide bonds. The molecule has 0 spiro atoms. The fourth-order valence-corrected chi connectivity index (χ4v) is 2.36. The molecule has 1 unspecified atom stereocenters. The van der Waals surface area contributed by atoms with Crippen LogP contribution in [-0.2, 0) is 4.79 Å². The average molecular weight is 246 g/mol. The number of likely N-dealkylation sites (N-methyl/N-ethyl adjacent to an activating group) is 1. The van der Waals surface area contributed by atoms with E-state index < -0.39 is 6.04 Å². The highest BCUT2D eigenvalue weighted by molar-refractivity contribution is 5.83. The predicted molar refractivity (Wildman–Crippen MR) is 73.0 cm³/mol. The maximum absolute atomic E-state index is 12.4. The van der Waals surface area contributed by atoms with Crippen molar-refractivity contribution in [3.05, 3.63) is 35.9 Å². The van der Waals surface area contributed by atoms with Gasteiger partial charge in [0.15, 0.2) is 0 Å². The Kier molecular flexibility index (Phi) is 4.37. The summed E-state index contributed by atoms with van der Waals surface area (Å²) in [5.41, 5.74) is 6.96. The Bertz CT molecular complexity index is 387. The number of hydrogen-bond donors (Lipinski definition) is 1. The van der Waals surface area contributed by atoms with Gasteiger partial charge in [-0.05, 0) is 31.2 Å². The van der Waals surface area contributed by atoms with E-state index in [-0.39, 0.29) is 5.91 Å². The zero-order chi connectivity index (χ0) is 13.0. The molecule has 3 nitrogen and oxygen atoms in total. The molecular formula is C15H22N2O. The molecule has 1 saturated carbocycles. The molecule has 0 bridgehead atoms. The number of carbonyl (C=O) groups excluding carboxylic acids is 1. The second-order valence-corrected chi connectivity index (χ2v) is 5.06. The van der Waals surface area contributed by atoms with Crippen molar-refractivity contribution in [1.82, 2.24) is 4.90 Å². The van der Waals surface area contributed by atoms with Crippen LogP contribution in [0.3, 0.4) is 0 Å². The number of amides is 1. The molecule has 0 saturated heterocycles. The molecule has 0 aliphatic heterocycles. The molecule has 1 aliphatic carbocycles. The molecule has 98 valence electrons. The van der Waals surface area contributed by atoms with Crippen molar-refractivity contribution >= 4 is 5.91 Å². The van der Waals surface area contributed by atoms with Gasteiger partial charge >= 0.3 is 0 Å². The lowest BCUT2D eigenvalue weighted by atomic mass is 9.85. The Morgan fingerprint density at radius 1 is 1.39 bits per heavy atom. The second-order valence-electron chi connectivity index (χ2n) is 5.06. The molecule has 1 aromatic rings. The van der Waals surface area contributed by atoms with Gasteiger partial charge in [0.2, 0.25) is 5.91 Å². The minimum atomic E-state index is -0.522. The summed E-state index contributed by atoms with van der Waals surface area (Å²) in [7, 11) is 0. The van der Waals surface area contributed by atoms with E-state index in [0.717, 1.165) is 18.7 Å². The fourth-order valence-electron chi connectivity index (χ4n) is 2.36. The van der Waals surface area contributed by atoms with Crippen LogP contribution in [0.15, 0.2) is 30.3 Å². The van der Waals surface area contributed by atoms with E-state index in [2.05, 4.69) is 0 Å². The topological polar surface area (TPSA) is 46.3 Å². The first kappa shape index (κ1) is 13.1. The van der Waals surface area contributed by atoms with Crippen molar-refractivity contribution in [2.75, 3.05) is 13.1 Å². The van der Waals surface area contributed by atoms with Crippen molar-refractivity contribution in [1.29, 1.82) is 0 Å². The van der Waals surface area contributed by atoms with Gasteiger partial charge in [0.1, 0.15) is 6.04 Å². The van der Waals surface area contributed by atoms with E-state index >= 15 is 0 Å². The van der Waals surface area contributed by atoms with Crippen LogP contribution in [-0.4, -0.2) is 23.9 Å². The van der Waals surface area contributed by atoms with Gasteiger partial charge < -0.3 is 10.6 Å². The van der Waals surface area contributed by atoms with Crippen molar-refractivity contribution < 1.29 is 4.79 Å². The molecule has 2 N–H and O–H groups in total. The first-order valence-electron chi connectivity index (χ1n) is 6.81. The summed E-state index contributed by atoms with van der Waals surface area (Å²) in [6.07, 6.45) is 3.82. The molecule has 2 rings (SSSR count). The highest BCUT2D eigenvalue weighted by atomic mass is 16.2. The zero-order valence-electron chi connectivity index (χ0n) is 11.0. The number of hydrogen-bond acceptors (Lipinski definition) is 2. The fraction of sp³-hybridized carbons (Fsp3) is 0.533. The predicted octanol–water partition coefficient (Wildman–Crippen LogP) is 2.33. The van der Waals surface area contributed by atoms with Crippen molar-refractivity contribution in [2.45, 2.75) is 32.2 Å². The largest absolute Gasteiger partial charge is 0.341 e. The first-order valence-corrected chi connectivity index (χ1v) is 6.81. The van der Waals surface area contributed by atoms with Gasteiger partial charge in [-0.15, -0.1) is 0 Å². The lowest BCUT2D eigenvalue weighted by Crippen LogP contribution is -2.42. The molecule has 0 heterocycles. The minimum Gasteiger partial charge on any atom is -0.341 e. The van der Waals surface area contributed by atoms with Crippen molar-refractivity contribution in [2.24, 2.45) is 11.7 Å². The number of nitrogens with two attached hydrogens (primary N) is 1. The SMILES string of the molecule is CCN(CC1CCC1)C(=O)C(N)c1ccccc1. The Morgan fingerprint density at radius 3 is 2.56 bits per heavy atom. The highest BCUT2D eigenvalue weighted by Gasteiger charge is 2.26.